The Morgan fingerprint density at radius 3 is 2.22 bits per heavy atom. The monoisotopic (exact) mass is 597 g/mol. The van der Waals surface area contributed by atoms with E-state index in [0.29, 0.717) is 22.7 Å². The molecule has 1 atom stereocenters. The van der Waals surface area contributed by atoms with Crippen molar-refractivity contribution in [3.05, 3.63) is 100 Å². The standard InChI is InChI=1S/C32H40ClN3O4S/c1-23(2)34-32(38)30(21-26-13-7-6-8-14-26)35(22-27-15-9-12-24(3)20-27)31(37)18-11-19-36(41(5,39)40)29-17-10-16-28(33)25(29)4/h6-10,12-17,20,23,30H,11,18-19,21-22H2,1-5H3,(H,34,38). The van der Waals surface area contributed by atoms with Gasteiger partial charge in [-0.05, 0) is 62.9 Å². The van der Waals surface area contributed by atoms with E-state index in [-0.39, 0.29) is 43.8 Å². The maximum Gasteiger partial charge on any atom is 0.243 e. The molecule has 0 aliphatic rings. The van der Waals surface area contributed by atoms with Gasteiger partial charge in [0, 0.05) is 37.0 Å². The van der Waals surface area contributed by atoms with Gasteiger partial charge in [0.05, 0.1) is 11.9 Å². The van der Waals surface area contributed by atoms with Gasteiger partial charge >= 0.3 is 0 Å². The van der Waals surface area contributed by atoms with Crippen molar-refractivity contribution in [1.29, 1.82) is 0 Å². The van der Waals surface area contributed by atoms with Gasteiger partial charge in [-0.2, -0.15) is 0 Å². The number of hydrogen-bond donors (Lipinski definition) is 1. The zero-order valence-corrected chi connectivity index (χ0v) is 26.0. The molecule has 3 aromatic rings. The summed E-state index contributed by atoms with van der Waals surface area (Å²) in [4.78, 5) is 29.1. The maximum atomic E-state index is 13.9. The van der Waals surface area contributed by atoms with Crippen LogP contribution < -0.4 is 9.62 Å². The molecule has 0 radical (unpaired) electrons. The topological polar surface area (TPSA) is 86.8 Å². The van der Waals surface area contributed by atoms with E-state index < -0.39 is 16.1 Å². The number of anilines is 1. The average molecular weight is 598 g/mol. The first-order valence-corrected chi connectivity index (χ1v) is 16.0. The molecule has 220 valence electrons. The smallest absolute Gasteiger partial charge is 0.243 e. The lowest BCUT2D eigenvalue weighted by molar-refractivity contribution is -0.141. The van der Waals surface area contributed by atoms with Crippen LogP contribution in [-0.4, -0.2) is 50.0 Å². The number of sulfonamides is 1. The number of rotatable bonds is 13. The summed E-state index contributed by atoms with van der Waals surface area (Å²) in [5, 5.41) is 3.46. The Morgan fingerprint density at radius 2 is 1.59 bits per heavy atom. The van der Waals surface area contributed by atoms with Crippen LogP contribution in [0.4, 0.5) is 5.69 Å². The molecule has 1 N–H and O–H groups in total. The minimum absolute atomic E-state index is 0.0672. The summed E-state index contributed by atoms with van der Waals surface area (Å²) in [6.07, 6.45) is 1.84. The number of hydrogen-bond acceptors (Lipinski definition) is 4. The molecule has 0 saturated heterocycles. The lowest BCUT2D eigenvalue weighted by Crippen LogP contribution is -2.51. The van der Waals surface area contributed by atoms with Gasteiger partial charge in [0.1, 0.15) is 6.04 Å². The quantitative estimate of drug-likeness (QED) is 0.275. The molecule has 0 heterocycles. The lowest BCUT2D eigenvalue weighted by Gasteiger charge is -2.32. The molecule has 41 heavy (non-hydrogen) atoms. The van der Waals surface area contributed by atoms with Crippen molar-refractivity contribution in [3.63, 3.8) is 0 Å². The minimum atomic E-state index is -3.63. The third-order valence-corrected chi connectivity index (χ3v) is 8.39. The summed E-state index contributed by atoms with van der Waals surface area (Å²) in [7, 11) is -3.63. The molecule has 0 aromatic heterocycles. The average Bonchev–Trinajstić information content (AvgIpc) is 2.90. The Hall–Kier alpha value is -3.36. The van der Waals surface area contributed by atoms with Crippen LogP contribution in [0.1, 0.15) is 48.9 Å². The number of nitrogens with zero attached hydrogens (tertiary/aromatic N) is 2. The fraction of sp³-hybridized carbons (Fsp3) is 0.375. The van der Waals surface area contributed by atoms with Gasteiger partial charge in [-0.3, -0.25) is 13.9 Å². The van der Waals surface area contributed by atoms with Crippen LogP contribution in [0.3, 0.4) is 0 Å². The molecule has 0 aliphatic carbocycles. The summed E-state index contributed by atoms with van der Waals surface area (Å²) in [5.74, 6) is -0.445. The number of nitrogens with one attached hydrogen (secondary N) is 1. The molecular weight excluding hydrogens is 558 g/mol. The molecule has 1 unspecified atom stereocenters. The molecule has 0 aliphatic heterocycles. The summed E-state index contributed by atoms with van der Waals surface area (Å²) in [6, 6.07) is 21.8. The third kappa shape index (κ3) is 9.33. The largest absolute Gasteiger partial charge is 0.352 e. The molecule has 3 aromatic carbocycles. The second-order valence-corrected chi connectivity index (χ2v) is 13.0. The normalized spacial score (nSPS) is 12.2. The second-order valence-electron chi connectivity index (χ2n) is 10.7. The molecule has 7 nitrogen and oxygen atoms in total. The van der Waals surface area contributed by atoms with E-state index in [4.69, 9.17) is 11.6 Å². The van der Waals surface area contributed by atoms with Gasteiger partial charge in [0.2, 0.25) is 21.8 Å². The van der Waals surface area contributed by atoms with E-state index in [1.807, 2.05) is 75.4 Å². The van der Waals surface area contributed by atoms with Crippen LogP contribution in [0, 0.1) is 13.8 Å². The summed E-state index contributed by atoms with van der Waals surface area (Å²) >= 11 is 6.27. The van der Waals surface area contributed by atoms with E-state index in [1.54, 1.807) is 30.0 Å². The zero-order valence-electron chi connectivity index (χ0n) is 24.4. The van der Waals surface area contributed by atoms with E-state index in [2.05, 4.69) is 5.32 Å². The fourth-order valence-corrected chi connectivity index (χ4v) is 5.98. The van der Waals surface area contributed by atoms with Crippen molar-refractivity contribution in [2.24, 2.45) is 0 Å². The lowest BCUT2D eigenvalue weighted by atomic mass is 10.0. The highest BCUT2D eigenvalue weighted by Gasteiger charge is 2.31. The van der Waals surface area contributed by atoms with E-state index >= 15 is 0 Å². The highest BCUT2D eigenvalue weighted by molar-refractivity contribution is 7.92. The van der Waals surface area contributed by atoms with Crippen LogP contribution in [0.5, 0.6) is 0 Å². The number of amides is 2. The van der Waals surface area contributed by atoms with Gasteiger partial charge in [0.25, 0.3) is 0 Å². The summed E-state index contributed by atoms with van der Waals surface area (Å²) in [6.45, 7) is 7.90. The Morgan fingerprint density at radius 1 is 0.927 bits per heavy atom. The van der Waals surface area contributed by atoms with E-state index in [0.717, 1.165) is 22.9 Å². The van der Waals surface area contributed by atoms with E-state index in [1.165, 1.54) is 4.31 Å². The van der Waals surface area contributed by atoms with Gasteiger partial charge in [-0.15, -0.1) is 0 Å². The first-order chi connectivity index (χ1) is 19.4. The number of halogens is 1. The molecule has 0 bridgehead atoms. The predicted molar refractivity (Wildman–Crippen MR) is 167 cm³/mol. The number of carbonyl (C=O) groups excluding carboxylic acids is 2. The summed E-state index contributed by atoms with van der Waals surface area (Å²) in [5.41, 5.74) is 4.06. The Labute approximate surface area is 249 Å². The second kappa shape index (κ2) is 14.5. The minimum Gasteiger partial charge on any atom is -0.352 e. The highest BCUT2D eigenvalue weighted by Crippen LogP contribution is 2.28. The number of carbonyl (C=O) groups is 2. The molecule has 0 spiro atoms. The Bertz CT molecular complexity index is 1440. The van der Waals surface area contributed by atoms with Gasteiger partial charge < -0.3 is 10.2 Å². The summed E-state index contributed by atoms with van der Waals surface area (Å²) < 4.78 is 26.7. The van der Waals surface area contributed by atoms with Crippen molar-refractivity contribution < 1.29 is 18.0 Å². The Kier molecular flexibility index (Phi) is 11.4. The maximum absolute atomic E-state index is 13.9. The molecule has 0 saturated carbocycles. The molecule has 9 heteroatoms. The third-order valence-electron chi connectivity index (χ3n) is 6.80. The van der Waals surface area contributed by atoms with Crippen molar-refractivity contribution in [2.45, 2.75) is 65.6 Å². The number of benzene rings is 3. The van der Waals surface area contributed by atoms with Crippen molar-refractivity contribution in [3.8, 4) is 0 Å². The van der Waals surface area contributed by atoms with Crippen molar-refractivity contribution in [2.75, 3.05) is 17.1 Å². The van der Waals surface area contributed by atoms with Crippen LogP contribution in [0.2, 0.25) is 5.02 Å². The molecular formula is C32H40ClN3O4S. The first-order valence-electron chi connectivity index (χ1n) is 13.8. The van der Waals surface area contributed by atoms with E-state index in [9.17, 15) is 18.0 Å². The highest BCUT2D eigenvalue weighted by atomic mass is 35.5. The number of aryl methyl sites for hydroxylation is 1. The van der Waals surface area contributed by atoms with Crippen LogP contribution in [0.25, 0.3) is 0 Å². The molecule has 3 rings (SSSR count). The van der Waals surface area contributed by atoms with Gasteiger partial charge in [-0.25, -0.2) is 8.42 Å². The van der Waals surface area contributed by atoms with Crippen LogP contribution in [0.15, 0.2) is 72.8 Å². The molecule has 2 amide bonds. The zero-order chi connectivity index (χ0) is 30.2. The van der Waals surface area contributed by atoms with Crippen LogP contribution >= 0.6 is 11.6 Å². The van der Waals surface area contributed by atoms with Gasteiger partial charge in [0.15, 0.2) is 0 Å². The Balaban J connectivity index is 1.90. The van der Waals surface area contributed by atoms with Crippen LogP contribution in [-0.2, 0) is 32.6 Å². The molecule has 0 fully saturated rings. The van der Waals surface area contributed by atoms with Gasteiger partial charge in [-0.1, -0.05) is 77.8 Å². The first kappa shape index (κ1) is 32.2. The van der Waals surface area contributed by atoms with Crippen molar-refractivity contribution in [1.82, 2.24) is 10.2 Å². The van der Waals surface area contributed by atoms with Crippen molar-refractivity contribution >= 4 is 39.1 Å². The fourth-order valence-electron chi connectivity index (χ4n) is 4.79. The predicted octanol–water partition coefficient (Wildman–Crippen LogP) is 5.67. The SMILES string of the molecule is Cc1cccc(CN(C(=O)CCCN(c2cccc(Cl)c2C)S(C)(=O)=O)C(Cc2ccccc2)C(=O)NC(C)C)c1.